The molecule has 7 nitrogen and oxygen atoms in total. The van der Waals surface area contributed by atoms with E-state index >= 15 is 0 Å². The van der Waals surface area contributed by atoms with E-state index in [-0.39, 0.29) is 24.0 Å². The van der Waals surface area contributed by atoms with Gasteiger partial charge in [0.05, 0.1) is 6.54 Å². The molecule has 0 spiro atoms. The zero-order chi connectivity index (χ0) is 22.4. The van der Waals surface area contributed by atoms with Crippen LogP contribution in [0.1, 0.15) is 31.7 Å². The van der Waals surface area contributed by atoms with Crippen LogP contribution in [0.2, 0.25) is 0 Å². The van der Waals surface area contributed by atoms with Crippen molar-refractivity contribution in [3.05, 3.63) is 54.2 Å². The van der Waals surface area contributed by atoms with Gasteiger partial charge in [-0.2, -0.15) is 0 Å². The molecule has 1 saturated heterocycles. The van der Waals surface area contributed by atoms with Crippen LogP contribution in [0, 0.1) is 5.92 Å². The molecular weight excluding hydrogens is 531 g/mol. The largest absolute Gasteiger partial charge is 0.490 e. The van der Waals surface area contributed by atoms with Gasteiger partial charge in [0.15, 0.2) is 5.96 Å². The number of nitrogens with one attached hydrogen (secondary N) is 1. The fourth-order valence-corrected chi connectivity index (χ4v) is 3.57. The monoisotopic (exact) mass is 568 g/mol. The van der Waals surface area contributed by atoms with Crippen molar-refractivity contribution in [1.29, 1.82) is 0 Å². The summed E-state index contributed by atoms with van der Waals surface area (Å²) in [5.74, 6) is 3.11. The van der Waals surface area contributed by atoms with E-state index in [2.05, 4.69) is 29.2 Å². The van der Waals surface area contributed by atoms with E-state index in [0.717, 1.165) is 49.5 Å². The molecule has 0 bridgehead atoms. The van der Waals surface area contributed by atoms with Crippen molar-refractivity contribution < 1.29 is 14.2 Å². The van der Waals surface area contributed by atoms with Crippen LogP contribution in [0.15, 0.2) is 53.7 Å². The SMILES string of the molecule is CCNC(=NCc1ccc(OCCOc2ccccc2)nc1)N(C)CCC1CCOCC1.I. The molecule has 1 aromatic carbocycles. The average Bonchev–Trinajstić information content (AvgIpc) is 2.85. The van der Waals surface area contributed by atoms with Gasteiger partial charge < -0.3 is 24.4 Å². The zero-order valence-corrected chi connectivity index (χ0v) is 22.1. The molecule has 182 valence electrons. The quantitative estimate of drug-likeness (QED) is 0.188. The fourth-order valence-electron chi connectivity index (χ4n) is 3.57. The number of guanidine groups is 1. The number of aliphatic imine (C=N–C) groups is 1. The number of hydrogen-bond acceptors (Lipinski definition) is 5. The van der Waals surface area contributed by atoms with Crippen LogP contribution in [0.5, 0.6) is 11.6 Å². The Bertz CT molecular complexity index is 799. The molecule has 1 aromatic heterocycles. The van der Waals surface area contributed by atoms with E-state index in [0.29, 0.717) is 25.6 Å². The predicted octanol–water partition coefficient (Wildman–Crippen LogP) is 4.37. The Labute approximate surface area is 215 Å². The molecule has 1 aliphatic rings. The molecule has 1 fully saturated rings. The summed E-state index contributed by atoms with van der Waals surface area (Å²) >= 11 is 0. The molecule has 0 atom stereocenters. The maximum Gasteiger partial charge on any atom is 0.213 e. The molecule has 0 aliphatic carbocycles. The number of ether oxygens (including phenoxy) is 3. The Hall–Kier alpha value is -2.07. The second kappa shape index (κ2) is 15.7. The summed E-state index contributed by atoms with van der Waals surface area (Å²) in [5, 5.41) is 3.39. The van der Waals surface area contributed by atoms with E-state index in [1.165, 1.54) is 19.3 Å². The van der Waals surface area contributed by atoms with E-state index in [9.17, 15) is 0 Å². The second-order valence-electron chi connectivity index (χ2n) is 7.95. The maximum atomic E-state index is 5.67. The molecule has 2 heterocycles. The van der Waals surface area contributed by atoms with Crippen molar-refractivity contribution in [1.82, 2.24) is 15.2 Å². The minimum atomic E-state index is 0. The number of nitrogens with zero attached hydrogens (tertiary/aromatic N) is 3. The van der Waals surface area contributed by atoms with Crippen molar-refractivity contribution in [3.8, 4) is 11.6 Å². The fraction of sp³-hybridized carbons (Fsp3) is 0.520. The number of pyridine rings is 1. The highest BCUT2D eigenvalue weighted by atomic mass is 127. The van der Waals surface area contributed by atoms with Crippen LogP contribution in [-0.4, -0.2) is 62.4 Å². The normalized spacial score (nSPS) is 14.3. The number of benzene rings is 1. The van der Waals surface area contributed by atoms with Gasteiger partial charge in [0.25, 0.3) is 0 Å². The molecule has 8 heteroatoms. The molecule has 33 heavy (non-hydrogen) atoms. The standard InChI is InChI=1S/C25H36N4O3.HI/c1-3-26-25(29(2)14-11-21-12-15-30-16-13-21)28-20-22-9-10-24(27-19-22)32-18-17-31-23-7-5-4-6-8-23;/h4-10,19,21H,3,11-18,20H2,1-2H3,(H,26,28);1H. The van der Waals surface area contributed by atoms with Crippen LogP contribution in [-0.2, 0) is 11.3 Å². The van der Waals surface area contributed by atoms with E-state index in [4.69, 9.17) is 19.2 Å². The minimum Gasteiger partial charge on any atom is -0.490 e. The highest BCUT2D eigenvalue weighted by Gasteiger charge is 2.15. The highest BCUT2D eigenvalue weighted by molar-refractivity contribution is 14.0. The molecule has 0 amide bonds. The predicted molar refractivity (Wildman–Crippen MR) is 143 cm³/mol. The number of aromatic nitrogens is 1. The van der Waals surface area contributed by atoms with Gasteiger partial charge in [-0.3, -0.25) is 0 Å². The lowest BCUT2D eigenvalue weighted by atomic mass is 9.96. The summed E-state index contributed by atoms with van der Waals surface area (Å²) < 4.78 is 16.8. The third-order valence-electron chi connectivity index (χ3n) is 5.46. The van der Waals surface area contributed by atoms with Crippen LogP contribution < -0.4 is 14.8 Å². The Balaban J connectivity index is 0.00000385. The van der Waals surface area contributed by atoms with Crippen molar-refractivity contribution in [2.24, 2.45) is 10.9 Å². The highest BCUT2D eigenvalue weighted by Crippen LogP contribution is 2.18. The Morgan fingerprint density at radius 3 is 2.58 bits per heavy atom. The van der Waals surface area contributed by atoms with Crippen LogP contribution in [0.3, 0.4) is 0 Å². The first kappa shape index (κ1) is 27.2. The smallest absolute Gasteiger partial charge is 0.213 e. The lowest BCUT2D eigenvalue weighted by Crippen LogP contribution is -2.40. The van der Waals surface area contributed by atoms with E-state index in [1.54, 1.807) is 0 Å². The molecule has 2 aromatic rings. The topological polar surface area (TPSA) is 68.2 Å². The van der Waals surface area contributed by atoms with E-state index < -0.39 is 0 Å². The van der Waals surface area contributed by atoms with Gasteiger partial charge in [-0.1, -0.05) is 24.3 Å². The first-order valence-electron chi connectivity index (χ1n) is 11.6. The van der Waals surface area contributed by atoms with Gasteiger partial charge in [-0.15, -0.1) is 24.0 Å². The average molecular weight is 569 g/mol. The second-order valence-corrected chi connectivity index (χ2v) is 7.95. The molecule has 0 unspecified atom stereocenters. The maximum absolute atomic E-state index is 5.67. The zero-order valence-electron chi connectivity index (χ0n) is 19.7. The number of para-hydroxylation sites is 1. The summed E-state index contributed by atoms with van der Waals surface area (Å²) in [4.78, 5) is 11.4. The van der Waals surface area contributed by atoms with Gasteiger partial charge >= 0.3 is 0 Å². The molecule has 0 saturated carbocycles. The number of halogens is 1. The van der Waals surface area contributed by atoms with E-state index in [1.807, 2.05) is 48.7 Å². The van der Waals surface area contributed by atoms with Gasteiger partial charge in [-0.25, -0.2) is 9.98 Å². The summed E-state index contributed by atoms with van der Waals surface area (Å²) in [6.45, 7) is 7.23. The van der Waals surface area contributed by atoms with Gasteiger partial charge in [0, 0.05) is 45.6 Å². The van der Waals surface area contributed by atoms with Gasteiger partial charge in [0.1, 0.15) is 19.0 Å². The number of rotatable bonds is 11. The first-order valence-corrected chi connectivity index (χ1v) is 11.6. The summed E-state index contributed by atoms with van der Waals surface area (Å²) in [6, 6.07) is 13.6. The Kier molecular flexibility index (Phi) is 12.9. The minimum absolute atomic E-state index is 0. The molecular formula is C25H37IN4O3. The molecule has 1 N–H and O–H groups in total. The molecule has 1 aliphatic heterocycles. The van der Waals surface area contributed by atoms with Crippen molar-refractivity contribution in [2.45, 2.75) is 32.7 Å². The van der Waals surface area contributed by atoms with Crippen LogP contribution >= 0.6 is 24.0 Å². The molecule has 3 rings (SSSR count). The summed E-state index contributed by atoms with van der Waals surface area (Å²) in [6.07, 6.45) is 5.33. The number of hydrogen-bond donors (Lipinski definition) is 1. The Morgan fingerprint density at radius 1 is 1.12 bits per heavy atom. The summed E-state index contributed by atoms with van der Waals surface area (Å²) in [7, 11) is 2.10. The molecule has 0 radical (unpaired) electrons. The lowest BCUT2D eigenvalue weighted by molar-refractivity contribution is 0.0625. The van der Waals surface area contributed by atoms with Gasteiger partial charge in [-0.05, 0) is 49.8 Å². The van der Waals surface area contributed by atoms with Crippen molar-refractivity contribution >= 4 is 29.9 Å². The van der Waals surface area contributed by atoms with Crippen molar-refractivity contribution in [2.75, 3.05) is 46.6 Å². The third kappa shape index (κ3) is 10.2. The van der Waals surface area contributed by atoms with Gasteiger partial charge in [0.2, 0.25) is 5.88 Å². The van der Waals surface area contributed by atoms with Crippen LogP contribution in [0.25, 0.3) is 0 Å². The Morgan fingerprint density at radius 2 is 1.88 bits per heavy atom. The lowest BCUT2D eigenvalue weighted by Gasteiger charge is -2.26. The van der Waals surface area contributed by atoms with Crippen molar-refractivity contribution in [3.63, 3.8) is 0 Å². The third-order valence-corrected chi connectivity index (χ3v) is 5.46. The van der Waals surface area contributed by atoms with Crippen LogP contribution in [0.4, 0.5) is 0 Å². The first-order chi connectivity index (χ1) is 15.7. The summed E-state index contributed by atoms with van der Waals surface area (Å²) in [5.41, 5.74) is 1.05.